The minimum absolute atomic E-state index is 0.00238. The Kier molecular flexibility index (Phi) is 7.00. The minimum Gasteiger partial charge on any atom is -0.334 e. The van der Waals surface area contributed by atoms with Gasteiger partial charge in [-0.2, -0.15) is 5.10 Å². The highest BCUT2D eigenvalue weighted by Gasteiger charge is 2.22. The Morgan fingerprint density at radius 1 is 1.14 bits per heavy atom. The van der Waals surface area contributed by atoms with E-state index < -0.39 is 0 Å². The van der Waals surface area contributed by atoms with Crippen LogP contribution in [-0.4, -0.2) is 39.6 Å². The van der Waals surface area contributed by atoms with Crippen LogP contribution < -0.4 is 5.32 Å². The molecule has 0 unspecified atom stereocenters. The Bertz CT molecular complexity index is 816. The highest BCUT2D eigenvalue weighted by molar-refractivity contribution is 5.94. The first-order valence-electron chi connectivity index (χ1n) is 9.91. The van der Waals surface area contributed by atoms with Gasteiger partial charge in [-0.05, 0) is 32.4 Å². The predicted octanol–water partition coefficient (Wildman–Crippen LogP) is 4.07. The van der Waals surface area contributed by atoms with Crippen molar-refractivity contribution >= 4 is 17.6 Å². The standard InChI is InChI=1S/C22H32N4O2/c1-7-9-21(28)25(8-2)15-20(27)23-19-14-18(22(4,5)6)24-26(19)17-12-10-16(3)11-13-17/h10-14H,7-9,15H2,1-6H3,(H,23,27). The van der Waals surface area contributed by atoms with Gasteiger partial charge in [-0.25, -0.2) is 4.68 Å². The summed E-state index contributed by atoms with van der Waals surface area (Å²) in [6, 6.07) is 9.90. The summed E-state index contributed by atoms with van der Waals surface area (Å²) in [5.74, 6) is 0.389. The van der Waals surface area contributed by atoms with Gasteiger partial charge in [-0.3, -0.25) is 9.59 Å². The monoisotopic (exact) mass is 384 g/mol. The largest absolute Gasteiger partial charge is 0.334 e. The van der Waals surface area contributed by atoms with E-state index in [0.717, 1.165) is 23.4 Å². The summed E-state index contributed by atoms with van der Waals surface area (Å²) in [7, 11) is 0. The van der Waals surface area contributed by atoms with Crippen molar-refractivity contribution in [3.63, 3.8) is 0 Å². The van der Waals surface area contributed by atoms with Gasteiger partial charge in [0.25, 0.3) is 0 Å². The maximum atomic E-state index is 12.6. The zero-order chi connectivity index (χ0) is 20.9. The van der Waals surface area contributed by atoms with Crippen molar-refractivity contribution in [3.05, 3.63) is 41.6 Å². The molecule has 0 atom stereocenters. The topological polar surface area (TPSA) is 67.2 Å². The number of aryl methyl sites for hydroxylation is 1. The van der Waals surface area contributed by atoms with Gasteiger partial charge in [0.1, 0.15) is 5.82 Å². The molecule has 0 spiro atoms. The Hall–Kier alpha value is -2.63. The molecule has 0 saturated carbocycles. The van der Waals surface area contributed by atoms with Crippen molar-refractivity contribution in [2.45, 2.75) is 59.8 Å². The molecule has 28 heavy (non-hydrogen) atoms. The summed E-state index contributed by atoms with van der Waals surface area (Å²) in [4.78, 5) is 26.4. The minimum atomic E-state index is -0.222. The normalized spacial score (nSPS) is 11.4. The van der Waals surface area contributed by atoms with E-state index in [0.29, 0.717) is 18.8 Å². The van der Waals surface area contributed by atoms with E-state index >= 15 is 0 Å². The number of aromatic nitrogens is 2. The van der Waals surface area contributed by atoms with E-state index in [1.807, 2.05) is 51.1 Å². The molecule has 0 fully saturated rings. The number of nitrogens with one attached hydrogen (secondary N) is 1. The SMILES string of the molecule is CCCC(=O)N(CC)CC(=O)Nc1cc(C(C)(C)C)nn1-c1ccc(C)cc1. The average molecular weight is 385 g/mol. The fourth-order valence-corrected chi connectivity index (χ4v) is 2.82. The van der Waals surface area contributed by atoms with Crippen LogP contribution in [-0.2, 0) is 15.0 Å². The van der Waals surface area contributed by atoms with Gasteiger partial charge in [0.2, 0.25) is 11.8 Å². The Labute approximate surface area is 167 Å². The highest BCUT2D eigenvalue weighted by Crippen LogP contribution is 2.26. The van der Waals surface area contributed by atoms with Crippen molar-refractivity contribution in [2.24, 2.45) is 0 Å². The van der Waals surface area contributed by atoms with Crippen molar-refractivity contribution in [2.75, 3.05) is 18.4 Å². The van der Waals surface area contributed by atoms with Crippen molar-refractivity contribution in [1.29, 1.82) is 0 Å². The number of carbonyl (C=O) groups excluding carboxylic acids is 2. The molecule has 0 bridgehead atoms. The van der Waals surface area contributed by atoms with Crippen LogP contribution in [0.2, 0.25) is 0 Å². The number of rotatable bonds is 7. The number of nitrogens with zero attached hydrogens (tertiary/aromatic N) is 3. The Morgan fingerprint density at radius 2 is 1.79 bits per heavy atom. The summed E-state index contributed by atoms with van der Waals surface area (Å²) >= 11 is 0. The van der Waals surface area contributed by atoms with E-state index in [4.69, 9.17) is 5.10 Å². The molecular weight excluding hydrogens is 352 g/mol. The molecule has 6 heteroatoms. The lowest BCUT2D eigenvalue weighted by atomic mass is 9.92. The number of amides is 2. The lowest BCUT2D eigenvalue weighted by Gasteiger charge is -2.20. The molecule has 0 saturated heterocycles. The zero-order valence-corrected chi connectivity index (χ0v) is 17.9. The number of carbonyl (C=O) groups is 2. The molecule has 6 nitrogen and oxygen atoms in total. The first-order chi connectivity index (χ1) is 13.2. The van der Waals surface area contributed by atoms with E-state index in [2.05, 4.69) is 26.1 Å². The second kappa shape index (κ2) is 9.04. The van der Waals surface area contributed by atoms with Gasteiger partial charge in [0.15, 0.2) is 0 Å². The smallest absolute Gasteiger partial charge is 0.245 e. The van der Waals surface area contributed by atoms with Crippen LogP contribution in [0, 0.1) is 6.92 Å². The van der Waals surface area contributed by atoms with Crippen LogP contribution in [0.15, 0.2) is 30.3 Å². The number of likely N-dealkylation sites (N-methyl/N-ethyl adjacent to an activating group) is 1. The molecule has 2 aromatic rings. The quantitative estimate of drug-likeness (QED) is 0.783. The second-order valence-corrected chi connectivity index (χ2v) is 8.12. The predicted molar refractivity (Wildman–Crippen MR) is 113 cm³/mol. The first-order valence-corrected chi connectivity index (χ1v) is 9.91. The van der Waals surface area contributed by atoms with Gasteiger partial charge in [0, 0.05) is 24.4 Å². The molecule has 1 N–H and O–H groups in total. The molecule has 2 amide bonds. The van der Waals surface area contributed by atoms with E-state index in [-0.39, 0.29) is 23.8 Å². The van der Waals surface area contributed by atoms with Gasteiger partial charge < -0.3 is 10.2 Å². The highest BCUT2D eigenvalue weighted by atomic mass is 16.2. The molecule has 1 aromatic carbocycles. The van der Waals surface area contributed by atoms with Crippen LogP contribution >= 0.6 is 0 Å². The second-order valence-electron chi connectivity index (χ2n) is 8.12. The van der Waals surface area contributed by atoms with E-state index in [1.165, 1.54) is 0 Å². The maximum absolute atomic E-state index is 12.6. The van der Waals surface area contributed by atoms with Gasteiger partial charge in [-0.15, -0.1) is 0 Å². The van der Waals surface area contributed by atoms with E-state index in [9.17, 15) is 9.59 Å². The van der Waals surface area contributed by atoms with Crippen molar-refractivity contribution in [1.82, 2.24) is 14.7 Å². The number of hydrogen-bond donors (Lipinski definition) is 1. The van der Waals surface area contributed by atoms with Crippen LogP contribution in [0.4, 0.5) is 5.82 Å². The molecule has 1 aromatic heterocycles. The average Bonchev–Trinajstić information content (AvgIpc) is 3.04. The van der Waals surface area contributed by atoms with E-state index in [1.54, 1.807) is 9.58 Å². The summed E-state index contributed by atoms with van der Waals surface area (Å²) in [5, 5.41) is 7.67. The Morgan fingerprint density at radius 3 is 2.32 bits per heavy atom. The molecule has 0 radical (unpaired) electrons. The molecule has 2 rings (SSSR count). The molecule has 152 valence electrons. The third-order valence-electron chi connectivity index (χ3n) is 4.56. The molecular formula is C22H32N4O2. The third kappa shape index (κ3) is 5.44. The number of hydrogen-bond acceptors (Lipinski definition) is 3. The van der Waals surface area contributed by atoms with Gasteiger partial charge in [-0.1, -0.05) is 45.4 Å². The fourth-order valence-electron chi connectivity index (χ4n) is 2.82. The summed E-state index contributed by atoms with van der Waals surface area (Å²) in [6.07, 6.45) is 1.22. The molecule has 1 heterocycles. The Balaban J connectivity index is 2.28. The first kappa shape index (κ1) is 21.7. The summed E-state index contributed by atoms with van der Waals surface area (Å²) in [5.41, 5.74) is 2.77. The van der Waals surface area contributed by atoms with Crippen molar-refractivity contribution in [3.8, 4) is 5.69 Å². The summed E-state index contributed by atoms with van der Waals surface area (Å²) < 4.78 is 1.75. The van der Waals surface area contributed by atoms with Crippen LogP contribution in [0.25, 0.3) is 5.69 Å². The fraction of sp³-hybridized carbons (Fsp3) is 0.500. The van der Waals surface area contributed by atoms with Crippen LogP contribution in [0.5, 0.6) is 0 Å². The third-order valence-corrected chi connectivity index (χ3v) is 4.56. The number of anilines is 1. The lowest BCUT2D eigenvalue weighted by Crippen LogP contribution is -2.37. The van der Waals surface area contributed by atoms with Crippen LogP contribution in [0.3, 0.4) is 0 Å². The van der Waals surface area contributed by atoms with Gasteiger partial charge >= 0.3 is 0 Å². The van der Waals surface area contributed by atoms with Crippen LogP contribution in [0.1, 0.15) is 58.7 Å². The maximum Gasteiger partial charge on any atom is 0.245 e. The van der Waals surface area contributed by atoms with Crippen molar-refractivity contribution < 1.29 is 9.59 Å². The van der Waals surface area contributed by atoms with Gasteiger partial charge in [0.05, 0.1) is 17.9 Å². The molecule has 0 aliphatic carbocycles. The molecule has 0 aliphatic rings. The molecule has 0 aliphatic heterocycles. The number of benzene rings is 1. The summed E-state index contributed by atoms with van der Waals surface area (Å²) in [6.45, 7) is 12.7. The zero-order valence-electron chi connectivity index (χ0n) is 17.9. The lowest BCUT2D eigenvalue weighted by molar-refractivity contribution is -0.134.